The van der Waals surface area contributed by atoms with Crippen molar-refractivity contribution in [3.63, 3.8) is 0 Å². The van der Waals surface area contributed by atoms with Crippen LogP contribution in [0.15, 0.2) is 20.9 Å². The van der Waals surface area contributed by atoms with Gasteiger partial charge in [0.25, 0.3) is 0 Å². The maximum Gasteiger partial charge on any atom is 0.0836 e. The standard InChI is InChI=1S/C6H4BrNS2/c7-5-1-6(10-3-5)2-8-4-9/h1,3H,2H2. The van der Waals surface area contributed by atoms with Crippen molar-refractivity contribution in [2.75, 3.05) is 0 Å². The Morgan fingerprint density at radius 1 is 1.80 bits per heavy atom. The third-order valence-corrected chi connectivity index (χ3v) is 2.73. The molecule has 0 saturated heterocycles. The Morgan fingerprint density at radius 2 is 2.60 bits per heavy atom. The highest BCUT2D eigenvalue weighted by atomic mass is 79.9. The molecular weight excluding hydrogens is 230 g/mol. The zero-order valence-corrected chi connectivity index (χ0v) is 8.22. The Labute approximate surface area is 76.9 Å². The number of nitrogens with zero attached hydrogens (tertiary/aromatic N) is 1. The number of rotatable bonds is 2. The monoisotopic (exact) mass is 233 g/mol. The minimum Gasteiger partial charge on any atom is -0.227 e. The lowest BCUT2D eigenvalue weighted by Gasteiger charge is -1.81. The molecule has 0 aliphatic carbocycles. The predicted octanol–water partition coefficient (Wildman–Crippen LogP) is 3.11. The molecule has 0 fully saturated rings. The zero-order chi connectivity index (χ0) is 7.40. The Balaban J connectivity index is 2.66. The van der Waals surface area contributed by atoms with Crippen LogP contribution in [-0.4, -0.2) is 5.16 Å². The van der Waals surface area contributed by atoms with Gasteiger partial charge in [-0.25, -0.2) is 4.99 Å². The second-order valence-corrected chi connectivity index (χ2v) is 3.73. The summed E-state index contributed by atoms with van der Waals surface area (Å²) >= 11 is 9.44. The molecular formula is C6H4BrNS2. The molecule has 1 aromatic heterocycles. The van der Waals surface area contributed by atoms with E-state index in [-0.39, 0.29) is 0 Å². The van der Waals surface area contributed by atoms with E-state index in [4.69, 9.17) is 0 Å². The fourth-order valence-electron chi connectivity index (χ4n) is 0.547. The van der Waals surface area contributed by atoms with Gasteiger partial charge in [0.1, 0.15) is 0 Å². The van der Waals surface area contributed by atoms with Crippen molar-refractivity contribution in [3.8, 4) is 0 Å². The molecule has 4 heteroatoms. The van der Waals surface area contributed by atoms with Gasteiger partial charge in [0, 0.05) is 14.7 Å². The lowest BCUT2D eigenvalue weighted by atomic mass is 10.5. The van der Waals surface area contributed by atoms with Crippen molar-refractivity contribution in [1.29, 1.82) is 0 Å². The molecule has 0 spiro atoms. The van der Waals surface area contributed by atoms with Crippen LogP contribution >= 0.6 is 39.5 Å². The Bertz CT molecular complexity index is 262. The highest BCUT2D eigenvalue weighted by molar-refractivity contribution is 9.10. The van der Waals surface area contributed by atoms with Crippen molar-refractivity contribution >= 4 is 44.6 Å². The quantitative estimate of drug-likeness (QED) is 0.565. The molecule has 10 heavy (non-hydrogen) atoms. The van der Waals surface area contributed by atoms with Gasteiger partial charge in [-0.05, 0) is 34.2 Å². The van der Waals surface area contributed by atoms with E-state index in [1.807, 2.05) is 11.4 Å². The van der Waals surface area contributed by atoms with Gasteiger partial charge in [-0.1, -0.05) is 0 Å². The summed E-state index contributed by atoms with van der Waals surface area (Å²) in [4.78, 5) is 5.01. The SMILES string of the molecule is S=C=NCc1cc(Br)cs1. The van der Waals surface area contributed by atoms with E-state index in [2.05, 4.69) is 38.3 Å². The zero-order valence-electron chi connectivity index (χ0n) is 5.00. The van der Waals surface area contributed by atoms with Crippen molar-refractivity contribution in [1.82, 2.24) is 0 Å². The summed E-state index contributed by atoms with van der Waals surface area (Å²) in [6.07, 6.45) is 0. The van der Waals surface area contributed by atoms with Crippen molar-refractivity contribution in [2.24, 2.45) is 4.99 Å². The van der Waals surface area contributed by atoms with E-state index in [0.29, 0.717) is 6.54 Å². The fourth-order valence-corrected chi connectivity index (χ4v) is 1.99. The first-order valence-corrected chi connectivity index (χ1v) is 4.67. The molecule has 0 aliphatic rings. The normalized spacial score (nSPS) is 8.90. The van der Waals surface area contributed by atoms with E-state index in [0.717, 1.165) is 4.47 Å². The van der Waals surface area contributed by atoms with Gasteiger partial charge < -0.3 is 0 Å². The summed E-state index contributed by atoms with van der Waals surface area (Å²) in [5.41, 5.74) is 0. The smallest absolute Gasteiger partial charge is 0.0836 e. The van der Waals surface area contributed by atoms with Crippen LogP contribution in [0.2, 0.25) is 0 Å². The van der Waals surface area contributed by atoms with Crippen molar-refractivity contribution < 1.29 is 0 Å². The second kappa shape index (κ2) is 3.98. The number of halogens is 1. The Hall–Kier alpha value is -0.0200. The lowest BCUT2D eigenvalue weighted by molar-refractivity contribution is 1.12. The van der Waals surface area contributed by atoms with E-state index in [1.165, 1.54) is 4.88 Å². The van der Waals surface area contributed by atoms with Gasteiger partial charge in [0.2, 0.25) is 0 Å². The highest BCUT2D eigenvalue weighted by Crippen LogP contribution is 2.19. The largest absolute Gasteiger partial charge is 0.227 e. The van der Waals surface area contributed by atoms with Crippen molar-refractivity contribution in [3.05, 3.63) is 20.8 Å². The number of thiocarbonyl (C=S) groups is 1. The summed E-state index contributed by atoms with van der Waals surface area (Å²) in [6.45, 7) is 0.653. The van der Waals surface area contributed by atoms with Gasteiger partial charge in [-0.3, -0.25) is 0 Å². The van der Waals surface area contributed by atoms with Crippen LogP contribution in [-0.2, 0) is 6.54 Å². The Morgan fingerprint density at radius 3 is 3.10 bits per heavy atom. The summed E-state index contributed by atoms with van der Waals surface area (Å²) in [6, 6.07) is 2.03. The number of hydrogen-bond acceptors (Lipinski definition) is 3. The molecule has 0 saturated carbocycles. The minimum atomic E-state index is 0.653. The Kier molecular flexibility index (Phi) is 3.22. The molecule has 0 radical (unpaired) electrons. The summed E-state index contributed by atoms with van der Waals surface area (Å²) < 4.78 is 1.10. The molecule has 0 amide bonds. The molecule has 0 unspecified atom stereocenters. The molecule has 52 valence electrons. The third kappa shape index (κ3) is 2.31. The minimum absolute atomic E-state index is 0.653. The van der Waals surface area contributed by atoms with Gasteiger partial charge >= 0.3 is 0 Å². The number of aliphatic imine (C=N–C) groups is 1. The van der Waals surface area contributed by atoms with Crippen LogP contribution < -0.4 is 0 Å². The first-order chi connectivity index (χ1) is 4.83. The molecule has 1 heterocycles. The highest BCUT2D eigenvalue weighted by Gasteiger charge is 1.93. The average molecular weight is 234 g/mol. The topological polar surface area (TPSA) is 12.4 Å². The van der Waals surface area contributed by atoms with Crippen LogP contribution in [0.4, 0.5) is 0 Å². The number of isothiocyanates is 1. The van der Waals surface area contributed by atoms with E-state index >= 15 is 0 Å². The van der Waals surface area contributed by atoms with E-state index < -0.39 is 0 Å². The van der Waals surface area contributed by atoms with Crippen LogP contribution in [0.1, 0.15) is 4.88 Å². The lowest BCUT2D eigenvalue weighted by Crippen LogP contribution is -1.69. The van der Waals surface area contributed by atoms with Crippen LogP contribution in [0.3, 0.4) is 0 Å². The summed E-state index contributed by atoms with van der Waals surface area (Å²) in [5.74, 6) is 0. The average Bonchev–Trinajstić information content (AvgIpc) is 2.31. The summed E-state index contributed by atoms with van der Waals surface area (Å²) in [7, 11) is 0. The second-order valence-electron chi connectivity index (χ2n) is 1.64. The first kappa shape index (κ1) is 8.08. The molecule has 0 bridgehead atoms. The van der Waals surface area contributed by atoms with Crippen LogP contribution in [0.5, 0.6) is 0 Å². The molecule has 1 rings (SSSR count). The molecule has 0 atom stereocenters. The maximum absolute atomic E-state index is 4.43. The van der Waals surface area contributed by atoms with E-state index in [1.54, 1.807) is 11.3 Å². The molecule has 0 aromatic carbocycles. The van der Waals surface area contributed by atoms with E-state index in [9.17, 15) is 0 Å². The fraction of sp³-hybridized carbons (Fsp3) is 0.167. The third-order valence-electron chi connectivity index (χ3n) is 0.921. The summed E-state index contributed by atoms with van der Waals surface area (Å²) in [5, 5.41) is 4.35. The molecule has 0 aliphatic heterocycles. The van der Waals surface area contributed by atoms with Gasteiger partial charge in [-0.15, -0.1) is 11.3 Å². The molecule has 1 aromatic rings. The van der Waals surface area contributed by atoms with Gasteiger partial charge in [0.05, 0.1) is 11.7 Å². The molecule has 1 nitrogen and oxygen atoms in total. The van der Waals surface area contributed by atoms with Crippen molar-refractivity contribution in [2.45, 2.75) is 6.54 Å². The molecule has 0 N–H and O–H groups in total. The predicted molar refractivity (Wildman–Crippen MR) is 50.7 cm³/mol. The first-order valence-electron chi connectivity index (χ1n) is 2.59. The van der Waals surface area contributed by atoms with Crippen LogP contribution in [0.25, 0.3) is 0 Å². The van der Waals surface area contributed by atoms with Gasteiger partial charge in [-0.2, -0.15) is 0 Å². The van der Waals surface area contributed by atoms with Gasteiger partial charge in [0.15, 0.2) is 0 Å². The number of thiophene rings is 1. The number of hydrogen-bond donors (Lipinski definition) is 0. The van der Waals surface area contributed by atoms with Crippen LogP contribution in [0, 0.1) is 0 Å². The maximum atomic E-state index is 4.43.